The zero-order valence-electron chi connectivity index (χ0n) is 11.7. The summed E-state index contributed by atoms with van der Waals surface area (Å²) >= 11 is 0. The van der Waals surface area contributed by atoms with Crippen molar-refractivity contribution in [2.45, 2.75) is 25.5 Å². The van der Waals surface area contributed by atoms with Crippen molar-refractivity contribution in [1.82, 2.24) is 15.5 Å². The minimum Gasteiger partial charge on any atom is -0.479 e. The van der Waals surface area contributed by atoms with Crippen LogP contribution in [0.15, 0.2) is 0 Å². The second-order valence-corrected chi connectivity index (χ2v) is 4.86. The van der Waals surface area contributed by atoms with Crippen molar-refractivity contribution in [3.05, 3.63) is 0 Å². The van der Waals surface area contributed by atoms with E-state index in [0.29, 0.717) is 13.2 Å². The third kappa shape index (κ3) is 6.69. The van der Waals surface area contributed by atoms with E-state index in [4.69, 9.17) is 14.9 Å². The molecular formula is C12H23N3O5. The van der Waals surface area contributed by atoms with E-state index in [2.05, 4.69) is 15.5 Å². The molecule has 4 N–H and O–H groups in total. The smallest absolute Gasteiger partial charge is 0.332 e. The lowest BCUT2D eigenvalue weighted by atomic mass is 10.2. The van der Waals surface area contributed by atoms with Crippen LogP contribution < -0.4 is 10.6 Å². The Labute approximate surface area is 118 Å². The van der Waals surface area contributed by atoms with Gasteiger partial charge >= 0.3 is 12.0 Å². The number of hydrogen-bond acceptors (Lipinski definition) is 5. The fraction of sp³-hybridized carbons (Fsp3) is 0.833. The Kier molecular flexibility index (Phi) is 7.27. The van der Waals surface area contributed by atoms with Crippen molar-refractivity contribution in [3.8, 4) is 0 Å². The van der Waals surface area contributed by atoms with E-state index in [-0.39, 0.29) is 25.0 Å². The van der Waals surface area contributed by atoms with Crippen molar-refractivity contribution in [2.24, 2.45) is 0 Å². The first-order chi connectivity index (χ1) is 9.49. The van der Waals surface area contributed by atoms with E-state index in [0.717, 1.165) is 19.6 Å². The number of aliphatic carboxylic acids is 1. The number of nitrogens with one attached hydrogen (secondary N) is 2. The van der Waals surface area contributed by atoms with Crippen molar-refractivity contribution >= 4 is 12.0 Å². The lowest BCUT2D eigenvalue weighted by Gasteiger charge is -2.29. The van der Waals surface area contributed by atoms with Crippen LogP contribution in [0.4, 0.5) is 4.79 Å². The molecule has 2 atom stereocenters. The number of carbonyl (C=O) groups is 2. The van der Waals surface area contributed by atoms with E-state index < -0.39 is 12.1 Å². The molecule has 116 valence electrons. The summed E-state index contributed by atoms with van der Waals surface area (Å²) in [5, 5.41) is 22.8. The first-order valence-electron chi connectivity index (χ1n) is 6.74. The van der Waals surface area contributed by atoms with Crippen LogP contribution in [-0.4, -0.2) is 78.7 Å². The van der Waals surface area contributed by atoms with Gasteiger partial charge in [-0.15, -0.1) is 0 Å². The number of rotatable bonds is 7. The first-order valence-corrected chi connectivity index (χ1v) is 6.74. The number of aliphatic hydroxyl groups excluding tert-OH is 1. The van der Waals surface area contributed by atoms with Crippen molar-refractivity contribution < 1.29 is 24.5 Å². The van der Waals surface area contributed by atoms with Gasteiger partial charge in [0, 0.05) is 38.6 Å². The Morgan fingerprint density at radius 1 is 1.35 bits per heavy atom. The van der Waals surface area contributed by atoms with Crippen LogP contribution in [0.5, 0.6) is 0 Å². The molecular weight excluding hydrogens is 266 g/mol. The van der Waals surface area contributed by atoms with Gasteiger partial charge in [0.05, 0.1) is 13.2 Å². The maximum atomic E-state index is 11.6. The van der Waals surface area contributed by atoms with E-state index in [1.54, 1.807) is 0 Å². The number of nitrogens with zero attached hydrogens (tertiary/aromatic N) is 1. The summed E-state index contributed by atoms with van der Waals surface area (Å²) in [5.74, 6) is -1.28. The Balaban J connectivity index is 2.12. The van der Waals surface area contributed by atoms with Gasteiger partial charge in [-0.25, -0.2) is 9.59 Å². The van der Waals surface area contributed by atoms with E-state index in [9.17, 15) is 9.59 Å². The molecule has 0 radical (unpaired) electrons. The number of aliphatic hydroxyl groups is 1. The average Bonchev–Trinajstić information content (AvgIpc) is 2.39. The normalized spacial score (nSPS) is 19.1. The molecule has 0 spiro atoms. The highest BCUT2D eigenvalue weighted by Gasteiger charge is 2.16. The molecule has 1 saturated heterocycles. The van der Waals surface area contributed by atoms with Gasteiger partial charge in [-0.1, -0.05) is 0 Å². The number of ether oxygens (including phenoxy) is 1. The van der Waals surface area contributed by atoms with Gasteiger partial charge in [0.25, 0.3) is 0 Å². The molecule has 1 rings (SSSR count). The van der Waals surface area contributed by atoms with Crippen molar-refractivity contribution in [1.29, 1.82) is 0 Å². The van der Waals surface area contributed by atoms with Gasteiger partial charge in [0.15, 0.2) is 6.10 Å². The molecule has 20 heavy (non-hydrogen) atoms. The number of morpholine rings is 1. The summed E-state index contributed by atoms with van der Waals surface area (Å²) < 4.78 is 5.24. The zero-order chi connectivity index (χ0) is 15.0. The highest BCUT2D eigenvalue weighted by atomic mass is 16.5. The van der Waals surface area contributed by atoms with E-state index in [1.807, 2.05) is 6.92 Å². The molecule has 8 heteroatoms. The van der Waals surface area contributed by atoms with E-state index >= 15 is 0 Å². The Bertz CT molecular complexity index is 320. The van der Waals surface area contributed by atoms with Gasteiger partial charge in [-0.2, -0.15) is 0 Å². The maximum absolute atomic E-state index is 11.6. The van der Waals surface area contributed by atoms with Crippen LogP contribution in [-0.2, 0) is 9.53 Å². The number of amides is 2. The Morgan fingerprint density at radius 2 is 2.00 bits per heavy atom. The quantitative estimate of drug-likeness (QED) is 0.470. The highest BCUT2D eigenvalue weighted by molar-refractivity contribution is 5.74. The van der Waals surface area contributed by atoms with Gasteiger partial charge in [0.2, 0.25) is 0 Å². The molecule has 0 aromatic heterocycles. The third-order valence-corrected chi connectivity index (χ3v) is 3.00. The Morgan fingerprint density at radius 3 is 2.60 bits per heavy atom. The van der Waals surface area contributed by atoms with Crippen molar-refractivity contribution in [3.63, 3.8) is 0 Å². The molecule has 1 aliphatic rings. The molecule has 0 aromatic rings. The van der Waals surface area contributed by atoms with Crippen LogP contribution in [0.1, 0.15) is 13.3 Å². The van der Waals surface area contributed by atoms with Gasteiger partial charge in [0.1, 0.15) is 0 Å². The topological polar surface area (TPSA) is 111 Å². The molecule has 0 saturated carbocycles. The van der Waals surface area contributed by atoms with Gasteiger partial charge in [-0.3, -0.25) is 4.90 Å². The lowest BCUT2D eigenvalue weighted by molar-refractivity contribution is -0.146. The SMILES string of the molecule is CC(CN1CCOCC1)NC(=O)NCC[C@H](O)C(=O)O. The standard InChI is InChI=1S/C12H23N3O5/c1-9(8-15-4-6-20-7-5-15)14-12(19)13-3-2-10(16)11(17)18/h9-10,16H,2-8H2,1H3,(H,17,18)(H2,13,14,19)/t9?,10-/m0/s1. The monoisotopic (exact) mass is 289 g/mol. The van der Waals surface area contributed by atoms with Gasteiger partial charge in [-0.05, 0) is 6.92 Å². The largest absolute Gasteiger partial charge is 0.479 e. The summed E-state index contributed by atoms with van der Waals surface area (Å²) in [7, 11) is 0. The summed E-state index contributed by atoms with van der Waals surface area (Å²) in [6.45, 7) is 5.91. The zero-order valence-corrected chi connectivity index (χ0v) is 11.7. The second-order valence-electron chi connectivity index (χ2n) is 4.86. The molecule has 1 unspecified atom stereocenters. The molecule has 0 aliphatic carbocycles. The Hall–Kier alpha value is -1.38. The number of urea groups is 1. The van der Waals surface area contributed by atoms with Crippen LogP contribution >= 0.6 is 0 Å². The molecule has 1 heterocycles. The second kappa shape index (κ2) is 8.72. The number of carboxylic acid groups (broad SMARTS) is 1. The number of carbonyl (C=O) groups excluding carboxylic acids is 1. The molecule has 2 amide bonds. The van der Waals surface area contributed by atoms with Crippen LogP contribution in [0.3, 0.4) is 0 Å². The third-order valence-electron chi connectivity index (χ3n) is 3.00. The van der Waals surface area contributed by atoms with Crippen LogP contribution in [0.2, 0.25) is 0 Å². The summed E-state index contributed by atoms with van der Waals surface area (Å²) in [6.07, 6.45) is -1.46. The predicted octanol–water partition coefficient (Wildman–Crippen LogP) is -1.16. The molecule has 1 fully saturated rings. The van der Waals surface area contributed by atoms with Crippen LogP contribution in [0.25, 0.3) is 0 Å². The minimum atomic E-state index is -1.44. The maximum Gasteiger partial charge on any atom is 0.332 e. The minimum absolute atomic E-state index is 0.0133. The van der Waals surface area contributed by atoms with E-state index in [1.165, 1.54) is 0 Å². The van der Waals surface area contributed by atoms with Gasteiger partial charge < -0.3 is 25.6 Å². The highest BCUT2D eigenvalue weighted by Crippen LogP contribution is 1.98. The lowest BCUT2D eigenvalue weighted by Crippen LogP contribution is -2.48. The summed E-state index contributed by atoms with van der Waals surface area (Å²) in [6, 6.07) is -0.374. The molecule has 0 aromatic carbocycles. The number of carboxylic acids is 1. The summed E-state index contributed by atoms with van der Waals surface area (Å²) in [4.78, 5) is 24.1. The van der Waals surface area contributed by atoms with Crippen molar-refractivity contribution in [2.75, 3.05) is 39.4 Å². The number of hydrogen-bond donors (Lipinski definition) is 4. The average molecular weight is 289 g/mol. The van der Waals surface area contributed by atoms with Crippen LogP contribution in [0, 0.1) is 0 Å². The first kappa shape index (κ1) is 16.7. The fourth-order valence-electron chi connectivity index (χ4n) is 1.94. The molecule has 8 nitrogen and oxygen atoms in total. The molecule has 1 aliphatic heterocycles. The summed E-state index contributed by atoms with van der Waals surface area (Å²) in [5.41, 5.74) is 0. The predicted molar refractivity (Wildman–Crippen MR) is 71.5 cm³/mol. The molecule has 0 bridgehead atoms. The fourth-order valence-corrected chi connectivity index (χ4v) is 1.94.